The molecule has 0 aromatic rings. The summed E-state index contributed by atoms with van der Waals surface area (Å²) < 4.78 is 4.70. The first-order valence-corrected chi connectivity index (χ1v) is 3.40. The third-order valence-corrected chi connectivity index (χ3v) is 0.933. The quantitative estimate of drug-likeness (QED) is 0.425. The van der Waals surface area contributed by atoms with Gasteiger partial charge in [0.1, 0.15) is 6.29 Å². The Balaban J connectivity index is 3.16. The Morgan fingerprint density at radius 2 is 2.30 bits per heavy atom. The molecule has 0 saturated heterocycles. The van der Waals surface area contributed by atoms with Crippen molar-refractivity contribution in [2.45, 2.75) is 26.2 Å². The number of hydrogen-bond donors (Lipinski definition) is 0. The van der Waals surface area contributed by atoms with E-state index < -0.39 is 0 Å². The zero-order valence-electron chi connectivity index (χ0n) is 6.13. The molecule has 0 atom stereocenters. The van der Waals surface area contributed by atoms with Crippen LogP contribution in [-0.4, -0.2) is 18.9 Å². The fourth-order valence-electron chi connectivity index (χ4n) is 0.465. The second-order valence-electron chi connectivity index (χ2n) is 1.93. The first-order valence-electron chi connectivity index (χ1n) is 3.40. The van der Waals surface area contributed by atoms with E-state index >= 15 is 0 Å². The lowest BCUT2D eigenvalue weighted by molar-refractivity contribution is -0.144. The number of carbonyl (C=O) groups excluding carboxylic acids is 2. The number of hydrogen-bond acceptors (Lipinski definition) is 3. The van der Waals surface area contributed by atoms with Gasteiger partial charge in [-0.05, 0) is 6.42 Å². The Morgan fingerprint density at radius 3 is 2.80 bits per heavy atom. The number of esters is 1. The predicted molar refractivity (Wildman–Crippen MR) is 36.5 cm³/mol. The fourth-order valence-corrected chi connectivity index (χ4v) is 0.465. The summed E-state index contributed by atoms with van der Waals surface area (Å²) in [5, 5.41) is 0. The van der Waals surface area contributed by atoms with E-state index in [2.05, 4.69) is 0 Å². The van der Waals surface area contributed by atoms with E-state index in [0.717, 1.165) is 6.42 Å². The summed E-state index contributed by atoms with van der Waals surface area (Å²) in [5.41, 5.74) is 0. The van der Waals surface area contributed by atoms with E-state index in [4.69, 9.17) is 4.74 Å². The lowest BCUT2D eigenvalue weighted by Gasteiger charge is -1.98. The van der Waals surface area contributed by atoms with Crippen LogP contribution in [-0.2, 0) is 14.3 Å². The van der Waals surface area contributed by atoms with Gasteiger partial charge in [-0.1, -0.05) is 6.92 Å². The molecule has 0 aliphatic rings. The monoisotopic (exact) mass is 144 g/mol. The van der Waals surface area contributed by atoms with Crippen molar-refractivity contribution in [3.05, 3.63) is 0 Å². The molecule has 0 aliphatic heterocycles. The van der Waals surface area contributed by atoms with Crippen LogP contribution in [0.1, 0.15) is 26.2 Å². The molecule has 0 saturated carbocycles. The number of carbonyl (C=O) groups is 2. The van der Waals surface area contributed by atoms with Crippen LogP contribution in [0.5, 0.6) is 0 Å². The molecule has 0 bridgehead atoms. The van der Waals surface area contributed by atoms with Crippen molar-refractivity contribution in [1.82, 2.24) is 0 Å². The van der Waals surface area contributed by atoms with Crippen molar-refractivity contribution in [1.29, 1.82) is 0 Å². The molecule has 0 heterocycles. The van der Waals surface area contributed by atoms with E-state index in [0.29, 0.717) is 12.9 Å². The van der Waals surface area contributed by atoms with Gasteiger partial charge in [-0.2, -0.15) is 0 Å². The van der Waals surface area contributed by atoms with Gasteiger partial charge in [-0.25, -0.2) is 0 Å². The Morgan fingerprint density at radius 1 is 1.60 bits per heavy atom. The first kappa shape index (κ1) is 9.14. The SMILES string of the molecule is CCCOC(=O)CCC=O. The van der Waals surface area contributed by atoms with Crippen molar-refractivity contribution in [2.24, 2.45) is 0 Å². The molecule has 0 aromatic heterocycles. The summed E-state index contributed by atoms with van der Waals surface area (Å²) >= 11 is 0. The zero-order valence-corrected chi connectivity index (χ0v) is 6.13. The normalized spacial score (nSPS) is 8.90. The third kappa shape index (κ3) is 5.28. The van der Waals surface area contributed by atoms with Crippen molar-refractivity contribution in [3.8, 4) is 0 Å². The summed E-state index contributed by atoms with van der Waals surface area (Å²) in [6.07, 6.45) is 2.02. The van der Waals surface area contributed by atoms with Gasteiger partial charge in [0.25, 0.3) is 0 Å². The maximum absolute atomic E-state index is 10.6. The van der Waals surface area contributed by atoms with Gasteiger partial charge in [0.2, 0.25) is 0 Å². The second kappa shape index (κ2) is 6.26. The molecule has 3 heteroatoms. The highest BCUT2D eigenvalue weighted by Crippen LogP contribution is 1.90. The third-order valence-electron chi connectivity index (χ3n) is 0.933. The molecule has 0 aromatic carbocycles. The molecule has 0 rings (SSSR count). The molecule has 0 unspecified atom stereocenters. The molecule has 0 aliphatic carbocycles. The van der Waals surface area contributed by atoms with Gasteiger partial charge < -0.3 is 9.53 Å². The molecular weight excluding hydrogens is 132 g/mol. The van der Waals surface area contributed by atoms with Crippen molar-refractivity contribution >= 4 is 12.3 Å². The molecule has 58 valence electrons. The molecule has 0 radical (unpaired) electrons. The lowest BCUT2D eigenvalue weighted by atomic mass is 10.3. The van der Waals surface area contributed by atoms with Crippen LogP contribution >= 0.6 is 0 Å². The second-order valence-corrected chi connectivity index (χ2v) is 1.93. The topological polar surface area (TPSA) is 43.4 Å². The van der Waals surface area contributed by atoms with Crippen LogP contribution in [0.3, 0.4) is 0 Å². The average Bonchev–Trinajstić information content (AvgIpc) is 1.97. The standard InChI is InChI=1S/C7H12O3/c1-2-6-10-7(9)4-3-5-8/h5H,2-4,6H2,1H3. The van der Waals surface area contributed by atoms with Crippen molar-refractivity contribution in [3.63, 3.8) is 0 Å². The number of rotatable bonds is 5. The number of ether oxygens (including phenoxy) is 1. The van der Waals surface area contributed by atoms with E-state index in [9.17, 15) is 9.59 Å². The van der Waals surface area contributed by atoms with Crippen LogP contribution < -0.4 is 0 Å². The van der Waals surface area contributed by atoms with Crippen molar-refractivity contribution < 1.29 is 14.3 Å². The summed E-state index contributed by atoms with van der Waals surface area (Å²) in [4.78, 5) is 20.4. The smallest absolute Gasteiger partial charge is 0.306 e. The summed E-state index contributed by atoms with van der Waals surface area (Å²) in [7, 11) is 0. The molecule has 10 heavy (non-hydrogen) atoms. The predicted octanol–water partition coefficient (Wildman–Crippen LogP) is 0.919. The highest BCUT2D eigenvalue weighted by atomic mass is 16.5. The van der Waals surface area contributed by atoms with Crippen LogP contribution in [0, 0.1) is 0 Å². The fraction of sp³-hybridized carbons (Fsp3) is 0.714. The lowest BCUT2D eigenvalue weighted by Crippen LogP contribution is -2.04. The largest absolute Gasteiger partial charge is 0.466 e. The summed E-state index contributed by atoms with van der Waals surface area (Å²) in [5.74, 6) is -0.283. The minimum atomic E-state index is -0.283. The van der Waals surface area contributed by atoms with Crippen LogP contribution in [0.15, 0.2) is 0 Å². The summed E-state index contributed by atoms with van der Waals surface area (Å²) in [6.45, 7) is 2.38. The first-order chi connectivity index (χ1) is 4.81. The minimum Gasteiger partial charge on any atom is -0.466 e. The van der Waals surface area contributed by atoms with Gasteiger partial charge in [-0.3, -0.25) is 4.79 Å². The van der Waals surface area contributed by atoms with Crippen LogP contribution in [0.25, 0.3) is 0 Å². The zero-order chi connectivity index (χ0) is 7.82. The molecule has 0 N–H and O–H groups in total. The maximum atomic E-state index is 10.6. The van der Waals surface area contributed by atoms with E-state index in [1.807, 2.05) is 6.92 Å². The highest BCUT2D eigenvalue weighted by molar-refractivity contribution is 5.72. The molecule has 3 nitrogen and oxygen atoms in total. The average molecular weight is 144 g/mol. The minimum absolute atomic E-state index is 0.212. The van der Waals surface area contributed by atoms with Crippen molar-refractivity contribution in [2.75, 3.05) is 6.61 Å². The van der Waals surface area contributed by atoms with E-state index in [1.165, 1.54) is 0 Å². The molecule has 0 amide bonds. The Kier molecular flexibility index (Phi) is 5.72. The van der Waals surface area contributed by atoms with Gasteiger partial charge in [0, 0.05) is 6.42 Å². The summed E-state index contributed by atoms with van der Waals surface area (Å²) in [6, 6.07) is 0. The van der Waals surface area contributed by atoms with E-state index in [-0.39, 0.29) is 18.8 Å². The van der Waals surface area contributed by atoms with Crippen LogP contribution in [0.2, 0.25) is 0 Å². The molecular formula is C7H12O3. The Hall–Kier alpha value is -0.860. The number of aldehydes is 1. The molecule has 0 spiro atoms. The van der Waals surface area contributed by atoms with Gasteiger partial charge in [0.05, 0.1) is 13.0 Å². The van der Waals surface area contributed by atoms with Crippen LogP contribution in [0.4, 0.5) is 0 Å². The Bertz CT molecular complexity index is 109. The Labute approximate surface area is 60.4 Å². The van der Waals surface area contributed by atoms with Gasteiger partial charge >= 0.3 is 5.97 Å². The maximum Gasteiger partial charge on any atom is 0.306 e. The molecule has 0 fully saturated rings. The van der Waals surface area contributed by atoms with E-state index in [1.54, 1.807) is 0 Å². The van der Waals surface area contributed by atoms with Gasteiger partial charge in [0.15, 0.2) is 0 Å². The highest BCUT2D eigenvalue weighted by Gasteiger charge is 1.99. The van der Waals surface area contributed by atoms with Gasteiger partial charge in [-0.15, -0.1) is 0 Å².